The highest BCUT2D eigenvalue weighted by Gasteiger charge is 2.37. The number of hydrogen-bond donors (Lipinski definition) is 1. The molecule has 154 valence electrons. The van der Waals surface area contributed by atoms with Crippen molar-refractivity contribution < 1.29 is 19.1 Å². The van der Waals surface area contributed by atoms with Crippen molar-refractivity contribution in [2.75, 3.05) is 11.5 Å². The van der Waals surface area contributed by atoms with Crippen molar-refractivity contribution in [1.29, 1.82) is 0 Å². The molecule has 2 aromatic rings. The first-order valence-electron chi connectivity index (χ1n) is 8.32. The lowest BCUT2D eigenvalue weighted by Crippen LogP contribution is -2.54. The first-order chi connectivity index (χ1) is 14.2. The molecule has 4 amide bonds. The second kappa shape index (κ2) is 9.10. The molecule has 0 radical (unpaired) electrons. The molecule has 0 aromatic heterocycles. The van der Waals surface area contributed by atoms with Gasteiger partial charge in [0.25, 0.3) is 11.8 Å². The smallest absolute Gasteiger partial charge is 0.335 e. The average Bonchev–Trinajstić information content (AvgIpc) is 2.67. The molecule has 2 aromatic carbocycles. The molecule has 0 saturated carbocycles. The zero-order valence-electron chi connectivity index (χ0n) is 15.0. The summed E-state index contributed by atoms with van der Waals surface area (Å²) in [4.78, 5) is 38.3. The molecule has 1 heterocycles. The predicted molar refractivity (Wildman–Crippen MR) is 118 cm³/mol. The minimum atomic E-state index is -0.912. The summed E-state index contributed by atoms with van der Waals surface area (Å²) in [5, 5.41) is 2.86. The van der Waals surface area contributed by atoms with Gasteiger partial charge in [0.05, 0.1) is 25.8 Å². The van der Waals surface area contributed by atoms with Gasteiger partial charge in [-0.3, -0.25) is 14.9 Å². The van der Waals surface area contributed by atoms with E-state index in [1.165, 1.54) is 42.5 Å². The molecule has 0 spiro atoms. The Balaban J connectivity index is 2.00. The third-order valence-corrected chi connectivity index (χ3v) is 5.24. The number of ether oxygens (including phenoxy) is 1. The molecule has 1 fully saturated rings. The average molecular weight is 486 g/mol. The Bertz CT molecular complexity index is 1090. The highest BCUT2D eigenvalue weighted by Crippen LogP contribution is 2.35. The van der Waals surface area contributed by atoms with E-state index in [1.807, 2.05) is 0 Å². The second-order valence-corrected chi connectivity index (χ2v) is 7.60. The van der Waals surface area contributed by atoms with E-state index >= 15 is 0 Å². The number of imide groups is 2. The highest BCUT2D eigenvalue weighted by atomic mass is 35.5. The van der Waals surface area contributed by atoms with Crippen molar-refractivity contribution in [3.05, 3.63) is 74.2 Å². The van der Waals surface area contributed by atoms with E-state index in [0.29, 0.717) is 5.56 Å². The van der Waals surface area contributed by atoms with Crippen molar-refractivity contribution in [3.63, 3.8) is 0 Å². The van der Waals surface area contributed by atoms with Crippen LogP contribution in [0.4, 0.5) is 10.5 Å². The molecule has 0 unspecified atom stereocenters. The molecule has 1 aliphatic rings. The van der Waals surface area contributed by atoms with Crippen LogP contribution in [-0.4, -0.2) is 24.5 Å². The Morgan fingerprint density at radius 2 is 1.63 bits per heavy atom. The standard InChI is InChI=1S/C20H12Cl4N2O4/c1-2-5-30-17-15(23)7-10(8-16(17)24)6-12-18(27)25-20(29)26(19(12)28)11-3-4-13(21)14(22)9-11/h2-4,6-9H,1,5H2,(H,25,27,29). The predicted octanol–water partition coefficient (Wildman–Crippen LogP) is 5.53. The molecule has 3 rings (SSSR count). The Morgan fingerprint density at radius 1 is 0.967 bits per heavy atom. The lowest BCUT2D eigenvalue weighted by molar-refractivity contribution is -0.122. The van der Waals surface area contributed by atoms with Gasteiger partial charge in [0.15, 0.2) is 5.75 Å². The van der Waals surface area contributed by atoms with Gasteiger partial charge in [0.1, 0.15) is 12.2 Å². The normalized spacial score (nSPS) is 15.4. The number of carbonyl (C=O) groups excluding carboxylic acids is 3. The van der Waals surface area contributed by atoms with Crippen molar-refractivity contribution in [2.45, 2.75) is 0 Å². The maximum absolute atomic E-state index is 12.9. The highest BCUT2D eigenvalue weighted by molar-refractivity contribution is 6.43. The Labute approximate surface area is 191 Å². The number of benzene rings is 2. The summed E-state index contributed by atoms with van der Waals surface area (Å²) < 4.78 is 5.39. The molecule has 1 saturated heterocycles. The van der Waals surface area contributed by atoms with Crippen LogP contribution in [0, 0.1) is 0 Å². The summed E-state index contributed by atoms with van der Waals surface area (Å²) in [5.41, 5.74) is 0.208. The minimum Gasteiger partial charge on any atom is -0.486 e. The largest absolute Gasteiger partial charge is 0.486 e. The Hall–Kier alpha value is -2.51. The number of nitrogens with zero attached hydrogens (tertiary/aromatic N) is 1. The topological polar surface area (TPSA) is 75.7 Å². The number of urea groups is 1. The zero-order valence-corrected chi connectivity index (χ0v) is 18.1. The molecule has 0 atom stereocenters. The van der Waals surface area contributed by atoms with E-state index in [4.69, 9.17) is 51.1 Å². The number of amides is 4. The maximum Gasteiger partial charge on any atom is 0.335 e. The Morgan fingerprint density at radius 3 is 2.23 bits per heavy atom. The SMILES string of the molecule is C=CCOc1c(Cl)cc(C=C2C(=O)NC(=O)N(c3ccc(Cl)c(Cl)c3)C2=O)cc1Cl. The molecule has 30 heavy (non-hydrogen) atoms. The van der Waals surface area contributed by atoms with Crippen LogP contribution in [0.25, 0.3) is 6.08 Å². The summed E-state index contributed by atoms with van der Waals surface area (Å²) in [5.74, 6) is -1.46. The Kier molecular flexibility index (Phi) is 6.73. The van der Waals surface area contributed by atoms with E-state index in [2.05, 4.69) is 11.9 Å². The van der Waals surface area contributed by atoms with E-state index in [0.717, 1.165) is 4.90 Å². The quantitative estimate of drug-likeness (QED) is 0.343. The molecule has 0 aliphatic carbocycles. The molecule has 1 aliphatic heterocycles. The number of nitrogens with one attached hydrogen (secondary N) is 1. The van der Waals surface area contributed by atoms with E-state index in [-0.39, 0.29) is 43.7 Å². The fourth-order valence-corrected chi connectivity index (χ4v) is 3.53. The number of rotatable bonds is 5. The van der Waals surface area contributed by atoms with E-state index in [9.17, 15) is 14.4 Å². The molecule has 10 heteroatoms. The number of barbiturate groups is 1. The lowest BCUT2D eigenvalue weighted by atomic mass is 10.1. The molecule has 1 N–H and O–H groups in total. The number of anilines is 1. The van der Waals surface area contributed by atoms with Gasteiger partial charge >= 0.3 is 6.03 Å². The summed E-state index contributed by atoms with van der Waals surface area (Å²) in [6.45, 7) is 3.74. The van der Waals surface area contributed by atoms with Crippen LogP contribution in [0.3, 0.4) is 0 Å². The van der Waals surface area contributed by atoms with Gasteiger partial charge in [-0.25, -0.2) is 9.69 Å². The minimum absolute atomic E-state index is 0.144. The lowest BCUT2D eigenvalue weighted by Gasteiger charge is -2.26. The van der Waals surface area contributed by atoms with Crippen molar-refractivity contribution >= 4 is 76.0 Å². The zero-order chi connectivity index (χ0) is 22.0. The van der Waals surface area contributed by atoms with Crippen LogP contribution >= 0.6 is 46.4 Å². The second-order valence-electron chi connectivity index (χ2n) is 5.97. The van der Waals surface area contributed by atoms with Crippen LogP contribution in [0.5, 0.6) is 5.75 Å². The molecular formula is C20H12Cl4N2O4. The fraction of sp³-hybridized carbons (Fsp3) is 0.0500. The van der Waals surface area contributed by atoms with Crippen molar-refractivity contribution in [3.8, 4) is 5.75 Å². The third-order valence-electron chi connectivity index (χ3n) is 3.94. The van der Waals surface area contributed by atoms with Crippen LogP contribution in [0.2, 0.25) is 20.1 Å². The summed E-state index contributed by atoms with van der Waals surface area (Å²) in [6, 6.07) is 6.23. The summed E-state index contributed by atoms with van der Waals surface area (Å²) in [6.07, 6.45) is 2.80. The first-order valence-corrected chi connectivity index (χ1v) is 9.83. The van der Waals surface area contributed by atoms with Gasteiger partial charge in [-0.1, -0.05) is 59.1 Å². The van der Waals surface area contributed by atoms with Crippen molar-refractivity contribution in [1.82, 2.24) is 5.32 Å². The number of hydrogen-bond acceptors (Lipinski definition) is 4. The van der Waals surface area contributed by atoms with Gasteiger partial charge < -0.3 is 4.74 Å². The van der Waals surface area contributed by atoms with Gasteiger partial charge in [-0.05, 0) is 42.0 Å². The number of carbonyl (C=O) groups is 3. The van der Waals surface area contributed by atoms with Gasteiger partial charge in [-0.2, -0.15) is 0 Å². The molecule has 6 nitrogen and oxygen atoms in total. The third kappa shape index (κ3) is 4.47. The van der Waals surface area contributed by atoms with Crippen LogP contribution in [-0.2, 0) is 9.59 Å². The van der Waals surface area contributed by atoms with Crippen molar-refractivity contribution in [2.24, 2.45) is 0 Å². The fourth-order valence-electron chi connectivity index (χ4n) is 2.63. The van der Waals surface area contributed by atoms with Crippen LogP contribution in [0.15, 0.2) is 48.6 Å². The summed E-state index contributed by atoms with van der Waals surface area (Å²) in [7, 11) is 0. The van der Waals surface area contributed by atoms with Gasteiger partial charge in [0, 0.05) is 0 Å². The summed E-state index contributed by atoms with van der Waals surface area (Å²) >= 11 is 24.2. The van der Waals surface area contributed by atoms with Gasteiger partial charge in [0.2, 0.25) is 0 Å². The number of halogens is 4. The first kappa shape index (κ1) is 22.2. The van der Waals surface area contributed by atoms with Crippen LogP contribution in [0.1, 0.15) is 5.56 Å². The molecular weight excluding hydrogens is 474 g/mol. The van der Waals surface area contributed by atoms with E-state index in [1.54, 1.807) is 0 Å². The van der Waals surface area contributed by atoms with Crippen LogP contribution < -0.4 is 15.0 Å². The molecule has 0 bridgehead atoms. The van der Waals surface area contributed by atoms with E-state index < -0.39 is 17.8 Å². The monoisotopic (exact) mass is 484 g/mol. The maximum atomic E-state index is 12.9. The van der Waals surface area contributed by atoms with Gasteiger partial charge in [-0.15, -0.1) is 0 Å².